The highest BCUT2D eigenvalue weighted by Crippen LogP contribution is 2.32. The van der Waals surface area contributed by atoms with Crippen LogP contribution in [0.5, 0.6) is 0 Å². The van der Waals surface area contributed by atoms with Gasteiger partial charge in [-0.1, -0.05) is 0 Å². The van der Waals surface area contributed by atoms with Crippen molar-refractivity contribution >= 4 is 29.3 Å². The van der Waals surface area contributed by atoms with Crippen molar-refractivity contribution in [3.05, 3.63) is 23.0 Å². The Balaban J connectivity index is 1.52. The third-order valence-corrected chi connectivity index (χ3v) is 5.76. The molecule has 0 unspecified atom stereocenters. The lowest BCUT2D eigenvalue weighted by Crippen LogP contribution is -2.44. The molecule has 8 nitrogen and oxygen atoms in total. The van der Waals surface area contributed by atoms with E-state index in [-0.39, 0.29) is 6.54 Å². The number of alkyl halides is 1. The maximum absolute atomic E-state index is 13.4. The molecule has 0 spiro atoms. The van der Waals surface area contributed by atoms with Crippen LogP contribution >= 0.6 is 11.3 Å². The van der Waals surface area contributed by atoms with Gasteiger partial charge in [0.05, 0.1) is 12.2 Å². The zero-order valence-electron chi connectivity index (χ0n) is 16.5. The summed E-state index contributed by atoms with van der Waals surface area (Å²) in [6.45, 7) is 6.42. The molecular weight excluding hydrogens is 397 g/mol. The highest BCUT2D eigenvalue weighted by molar-refractivity contribution is 7.17. The van der Waals surface area contributed by atoms with Crippen LogP contribution in [-0.4, -0.2) is 63.3 Å². The Morgan fingerprint density at radius 1 is 1.28 bits per heavy atom. The highest BCUT2D eigenvalue weighted by Gasteiger charge is 2.35. The monoisotopic (exact) mass is 419 g/mol. The number of hydrogen-bond acceptors (Lipinski definition) is 8. The van der Waals surface area contributed by atoms with Crippen LogP contribution in [0.2, 0.25) is 0 Å². The molecule has 4 heterocycles. The van der Waals surface area contributed by atoms with E-state index < -0.39 is 23.8 Å². The van der Waals surface area contributed by atoms with Crippen molar-refractivity contribution in [1.82, 2.24) is 19.9 Å². The Morgan fingerprint density at radius 2 is 2.00 bits per heavy atom. The minimum absolute atomic E-state index is 0.235. The molecule has 2 aromatic rings. The lowest BCUT2D eigenvalue weighted by Gasteiger charge is -2.27. The maximum Gasteiger partial charge on any atom is 0.417 e. The van der Waals surface area contributed by atoms with Gasteiger partial charge in [-0.25, -0.2) is 29.0 Å². The number of rotatable bonds is 2. The second-order valence-electron chi connectivity index (χ2n) is 8.09. The van der Waals surface area contributed by atoms with Gasteiger partial charge >= 0.3 is 6.09 Å². The van der Waals surface area contributed by atoms with E-state index in [1.54, 1.807) is 33.2 Å². The number of nitrogens with zero attached hydrogens (tertiary/aromatic N) is 5. The van der Waals surface area contributed by atoms with Crippen LogP contribution in [0.3, 0.4) is 0 Å². The van der Waals surface area contributed by atoms with E-state index in [1.807, 2.05) is 4.90 Å². The molecule has 1 saturated heterocycles. The second-order valence-corrected chi connectivity index (χ2v) is 9.08. The van der Waals surface area contributed by atoms with Crippen molar-refractivity contribution in [2.75, 3.05) is 24.5 Å². The van der Waals surface area contributed by atoms with E-state index in [2.05, 4.69) is 15.0 Å². The number of aromatic nitrogens is 3. The fourth-order valence-corrected chi connectivity index (χ4v) is 4.27. The lowest BCUT2D eigenvalue weighted by molar-refractivity contribution is 0.0235. The largest absolute Gasteiger partial charge is 0.443 e. The number of carbonyl (C=O) groups is 2. The van der Waals surface area contributed by atoms with Crippen molar-refractivity contribution in [2.24, 2.45) is 0 Å². The number of fused-ring (bicyclic) bond motifs is 1. The van der Waals surface area contributed by atoms with Crippen molar-refractivity contribution in [3.8, 4) is 10.6 Å². The fourth-order valence-electron chi connectivity index (χ4n) is 3.24. The SMILES string of the molecule is CC(C)(C)OC(=O)N1CCc2nc(-c3cnc(N4CC[C@@H](F)C4)nc3)sc2C1=O. The topological polar surface area (TPSA) is 88.5 Å². The fraction of sp³-hybridized carbons (Fsp3) is 0.526. The van der Waals surface area contributed by atoms with Gasteiger partial charge in [-0.05, 0) is 27.2 Å². The van der Waals surface area contributed by atoms with Gasteiger partial charge < -0.3 is 9.64 Å². The summed E-state index contributed by atoms with van der Waals surface area (Å²) >= 11 is 1.21. The first kappa shape index (κ1) is 19.7. The molecule has 10 heteroatoms. The Bertz CT molecular complexity index is 940. The van der Waals surface area contributed by atoms with E-state index in [0.717, 1.165) is 4.90 Å². The number of halogens is 1. The van der Waals surface area contributed by atoms with Crippen LogP contribution in [0.15, 0.2) is 12.4 Å². The smallest absolute Gasteiger partial charge is 0.417 e. The van der Waals surface area contributed by atoms with Gasteiger partial charge in [-0.3, -0.25) is 4.79 Å². The summed E-state index contributed by atoms with van der Waals surface area (Å²) < 4.78 is 18.7. The number of amides is 2. The lowest BCUT2D eigenvalue weighted by atomic mass is 10.1. The van der Waals surface area contributed by atoms with Crippen molar-refractivity contribution in [3.63, 3.8) is 0 Å². The van der Waals surface area contributed by atoms with Gasteiger partial charge in [-0.2, -0.15) is 0 Å². The molecule has 1 fully saturated rings. The van der Waals surface area contributed by atoms with Gasteiger partial charge in [0.25, 0.3) is 5.91 Å². The standard InChI is InChI=1S/C19H22FN5O3S/c1-19(2,3)28-18(27)25-7-5-13-14(16(25)26)29-15(23-13)11-8-21-17(22-9-11)24-6-4-12(20)10-24/h8-9,12H,4-7,10H2,1-3H3/t12-/m1/s1. The Hall–Kier alpha value is -2.62. The van der Waals surface area contributed by atoms with Gasteiger partial charge in [0.2, 0.25) is 5.95 Å². The quantitative estimate of drug-likeness (QED) is 0.739. The molecule has 0 bridgehead atoms. The zero-order chi connectivity index (χ0) is 20.8. The van der Waals surface area contributed by atoms with Crippen LogP contribution in [-0.2, 0) is 11.2 Å². The summed E-state index contributed by atoms with van der Waals surface area (Å²) in [7, 11) is 0. The van der Waals surface area contributed by atoms with E-state index in [1.165, 1.54) is 11.3 Å². The molecule has 29 heavy (non-hydrogen) atoms. The van der Waals surface area contributed by atoms with Crippen molar-refractivity contribution in [2.45, 2.75) is 45.4 Å². The van der Waals surface area contributed by atoms with Crippen LogP contribution in [0, 0.1) is 0 Å². The van der Waals surface area contributed by atoms with Crippen LogP contribution in [0.25, 0.3) is 10.6 Å². The third kappa shape index (κ3) is 4.07. The van der Waals surface area contributed by atoms with E-state index in [9.17, 15) is 14.0 Å². The number of ether oxygens (including phenoxy) is 1. The number of hydrogen-bond donors (Lipinski definition) is 0. The van der Waals surface area contributed by atoms with Crippen LogP contribution in [0.1, 0.15) is 42.6 Å². The second kappa shape index (κ2) is 7.33. The summed E-state index contributed by atoms with van der Waals surface area (Å²) in [4.78, 5) is 41.6. The maximum atomic E-state index is 13.4. The number of anilines is 1. The summed E-state index contributed by atoms with van der Waals surface area (Å²) in [5.74, 6) is 0.0928. The molecule has 2 amide bonds. The van der Waals surface area contributed by atoms with Gasteiger partial charge in [0.15, 0.2) is 0 Å². The average Bonchev–Trinajstić information content (AvgIpc) is 3.27. The van der Waals surface area contributed by atoms with Crippen molar-refractivity contribution < 1.29 is 18.7 Å². The Labute approximate surface area is 171 Å². The van der Waals surface area contributed by atoms with Gasteiger partial charge in [0, 0.05) is 37.5 Å². The summed E-state index contributed by atoms with van der Waals surface area (Å²) in [6.07, 6.45) is 2.74. The number of carbonyl (C=O) groups excluding carboxylic acids is 2. The van der Waals surface area contributed by atoms with E-state index in [0.29, 0.717) is 53.0 Å². The molecule has 1 atom stereocenters. The summed E-state index contributed by atoms with van der Waals surface area (Å²) in [6, 6.07) is 0. The molecule has 0 radical (unpaired) electrons. The predicted octanol–water partition coefficient (Wildman–Crippen LogP) is 3.08. The molecule has 0 N–H and O–H groups in total. The summed E-state index contributed by atoms with van der Waals surface area (Å²) in [5.41, 5.74) is 0.673. The normalized spacial score (nSPS) is 19.4. The Morgan fingerprint density at radius 3 is 2.62 bits per heavy atom. The van der Waals surface area contributed by atoms with Crippen LogP contribution < -0.4 is 4.90 Å². The van der Waals surface area contributed by atoms with Gasteiger partial charge in [-0.15, -0.1) is 11.3 Å². The van der Waals surface area contributed by atoms with E-state index in [4.69, 9.17) is 4.74 Å². The molecule has 0 aromatic carbocycles. The zero-order valence-corrected chi connectivity index (χ0v) is 17.3. The average molecular weight is 419 g/mol. The molecule has 2 aliphatic heterocycles. The summed E-state index contributed by atoms with van der Waals surface area (Å²) in [5, 5.41) is 0.616. The van der Waals surface area contributed by atoms with Gasteiger partial charge in [0.1, 0.15) is 21.7 Å². The van der Waals surface area contributed by atoms with Crippen molar-refractivity contribution in [1.29, 1.82) is 0 Å². The predicted molar refractivity (Wildman–Crippen MR) is 106 cm³/mol. The first-order chi connectivity index (χ1) is 13.7. The minimum Gasteiger partial charge on any atom is -0.443 e. The molecule has 0 saturated carbocycles. The van der Waals surface area contributed by atoms with Crippen LogP contribution in [0.4, 0.5) is 15.1 Å². The molecule has 2 aliphatic rings. The first-order valence-corrected chi connectivity index (χ1v) is 10.3. The molecule has 0 aliphatic carbocycles. The molecule has 4 rings (SSSR count). The first-order valence-electron chi connectivity index (χ1n) is 9.47. The Kier molecular flexibility index (Phi) is 4.97. The highest BCUT2D eigenvalue weighted by atomic mass is 32.1. The molecule has 154 valence electrons. The number of thiazole rings is 1. The molecular formula is C19H22FN5O3S. The minimum atomic E-state index is -0.845. The third-order valence-electron chi connectivity index (χ3n) is 4.62. The van der Waals surface area contributed by atoms with E-state index >= 15 is 0 Å². The number of imide groups is 1. The molecule has 2 aromatic heterocycles.